The minimum absolute atomic E-state index is 0.228. The van der Waals surface area contributed by atoms with E-state index in [1.165, 1.54) is 0 Å². The molecule has 2 unspecified atom stereocenters. The number of hydrogen-bond donors (Lipinski definition) is 2. The van der Waals surface area contributed by atoms with Gasteiger partial charge in [0.15, 0.2) is 11.6 Å². The van der Waals surface area contributed by atoms with Crippen molar-refractivity contribution in [2.24, 2.45) is 10.8 Å². The summed E-state index contributed by atoms with van der Waals surface area (Å²) in [4.78, 5) is 24.4. The second-order valence-corrected chi connectivity index (χ2v) is 13.1. The van der Waals surface area contributed by atoms with E-state index < -0.39 is 12.2 Å². The van der Waals surface area contributed by atoms with Crippen LogP contribution >= 0.6 is 0 Å². The van der Waals surface area contributed by atoms with Crippen molar-refractivity contribution in [2.75, 3.05) is 0 Å². The van der Waals surface area contributed by atoms with Crippen LogP contribution in [0.2, 0.25) is 0 Å². The molecule has 0 heterocycles. The molecule has 2 N–H and O–H groups in total. The number of carbonyl (C=O) groups is 2. The summed E-state index contributed by atoms with van der Waals surface area (Å²) in [5.74, 6) is 12.2. The normalized spacial score (nSPS) is 23.5. The molecular formula is C40H48O4. The number of aliphatic hydroxyl groups is 2. The van der Waals surface area contributed by atoms with E-state index in [4.69, 9.17) is 0 Å². The minimum Gasteiger partial charge on any atom is -0.385 e. The monoisotopic (exact) mass is 592 g/mol. The van der Waals surface area contributed by atoms with Gasteiger partial charge in [0.05, 0.1) is 0 Å². The van der Waals surface area contributed by atoms with Crippen LogP contribution in [-0.2, 0) is 9.59 Å². The van der Waals surface area contributed by atoms with Gasteiger partial charge in [-0.25, -0.2) is 0 Å². The molecule has 4 nitrogen and oxygen atoms in total. The fourth-order valence-corrected chi connectivity index (χ4v) is 5.26. The van der Waals surface area contributed by atoms with Crippen LogP contribution in [0.15, 0.2) is 105 Å². The summed E-state index contributed by atoms with van der Waals surface area (Å²) in [6, 6.07) is 0. The molecule has 0 saturated carbocycles. The Morgan fingerprint density at radius 2 is 0.977 bits per heavy atom. The number of rotatable bonds is 6. The Hall–Kier alpha value is -3.96. The highest BCUT2D eigenvalue weighted by atomic mass is 16.3. The zero-order chi connectivity index (χ0) is 33.2. The molecule has 2 aliphatic rings. The van der Waals surface area contributed by atoms with Crippen LogP contribution in [0.1, 0.15) is 82.1 Å². The maximum absolute atomic E-state index is 12.2. The topological polar surface area (TPSA) is 74.6 Å². The molecule has 2 aliphatic carbocycles. The first-order valence-corrected chi connectivity index (χ1v) is 15.1. The van der Waals surface area contributed by atoms with E-state index in [1.54, 1.807) is 13.8 Å². The predicted molar refractivity (Wildman–Crippen MR) is 182 cm³/mol. The molecule has 232 valence electrons. The van der Waals surface area contributed by atoms with Crippen LogP contribution in [-0.4, -0.2) is 34.0 Å². The van der Waals surface area contributed by atoms with Crippen molar-refractivity contribution in [3.05, 3.63) is 105 Å². The highest BCUT2D eigenvalue weighted by Crippen LogP contribution is 2.39. The van der Waals surface area contributed by atoms with Crippen molar-refractivity contribution in [2.45, 2.75) is 94.3 Å². The van der Waals surface area contributed by atoms with Gasteiger partial charge in [-0.2, -0.15) is 0 Å². The minimum atomic E-state index is -0.943. The van der Waals surface area contributed by atoms with Crippen molar-refractivity contribution in [3.63, 3.8) is 0 Å². The maximum atomic E-state index is 12.2. The van der Waals surface area contributed by atoms with Crippen LogP contribution in [0, 0.1) is 34.5 Å². The lowest BCUT2D eigenvalue weighted by molar-refractivity contribution is -0.126. The summed E-state index contributed by atoms with van der Waals surface area (Å²) >= 11 is 0. The smallest absolute Gasteiger partial charge is 0.187 e. The summed E-state index contributed by atoms with van der Waals surface area (Å²) < 4.78 is 0. The van der Waals surface area contributed by atoms with Crippen LogP contribution in [0.4, 0.5) is 0 Å². The van der Waals surface area contributed by atoms with Crippen molar-refractivity contribution in [1.82, 2.24) is 0 Å². The summed E-state index contributed by atoms with van der Waals surface area (Å²) in [7, 11) is 0. The molecule has 4 heteroatoms. The van der Waals surface area contributed by atoms with Crippen molar-refractivity contribution in [3.8, 4) is 23.7 Å². The predicted octanol–water partition coefficient (Wildman–Crippen LogP) is 7.80. The van der Waals surface area contributed by atoms with Gasteiger partial charge in [-0.3, -0.25) is 9.59 Å². The van der Waals surface area contributed by atoms with Crippen LogP contribution in [0.3, 0.4) is 0 Å². The van der Waals surface area contributed by atoms with Crippen LogP contribution < -0.4 is 0 Å². The molecule has 0 saturated heterocycles. The molecule has 44 heavy (non-hydrogen) atoms. The first-order chi connectivity index (χ1) is 20.5. The van der Waals surface area contributed by atoms with E-state index >= 15 is 0 Å². The van der Waals surface area contributed by atoms with Gasteiger partial charge in [0.25, 0.3) is 0 Å². The number of Topliss-reactive ketones (excluding diaryl/α,β-unsaturated/α-hetero) is 2. The molecule has 0 aromatic heterocycles. The third-order valence-corrected chi connectivity index (χ3v) is 7.86. The van der Waals surface area contributed by atoms with E-state index in [0.29, 0.717) is 24.0 Å². The van der Waals surface area contributed by atoms with Gasteiger partial charge in [-0.15, -0.1) is 0 Å². The molecule has 0 radical (unpaired) electrons. The second-order valence-electron chi connectivity index (χ2n) is 13.1. The lowest BCUT2D eigenvalue weighted by atomic mass is 9.71. The van der Waals surface area contributed by atoms with Gasteiger partial charge >= 0.3 is 0 Å². The van der Waals surface area contributed by atoms with E-state index in [0.717, 1.165) is 33.4 Å². The van der Waals surface area contributed by atoms with E-state index in [9.17, 15) is 19.8 Å². The molecule has 0 aliphatic heterocycles. The molecular weight excluding hydrogens is 544 g/mol. The third-order valence-electron chi connectivity index (χ3n) is 7.86. The summed E-state index contributed by atoms with van der Waals surface area (Å²) in [5, 5.41) is 20.0. The zero-order valence-corrected chi connectivity index (χ0v) is 28.1. The third kappa shape index (κ3) is 10.3. The Labute approximate surface area is 265 Å². The fourth-order valence-electron chi connectivity index (χ4n) is 5.26. The molecule has 0 bridgehead atoms. The van der Waals surface area contributed by atoms with Gasteiger partial charge in [0.1, 0.15) is 12.2 Å². The Kier molecular flexibility index (Phi) is 12.9. The Morgan fingerprint density at radius 3 is 1.32 bits per heavy atom. The number of aliphatic hydroxyl groups excluding tert-OH is 2. The lowest BCUT2D eigenvalue weighted by Crippen LogP contribution is -2.35. The van der Waals surface area contributed by atoms with Gasteiger partial charge < -0.3 is 10.2 Å². The molecule has 2 rings (SSSR count). The number of allylic oxidation sites excluding steroid dienone is 16. The fraction of sp³-hybridized carbons (Fsp3) is 0.400. The number of hydrogen-bond acceptors (Lipinski definition) is 4. The maximum Gasteiger partial charge on any atom is 0.187 e. The van der Waals surface area contributed by atoms with Gasteiger partial charge in [0.2, 0.25) is 0 Å². The zero-order valence-electron chi connectivity index (χ0n) is 28.1. The van der Waals surface area contributed by atoms with E-state index in [1.807, 2.05) is 116 Å². The Morgan fingerprint density at radius 1 is 0.636 bits per heavy atom. The highest BCUT2D eigenvalue weighted by Gasteiger charge is 2.38. The highest BCUT2D eigenvalue weighted by molar-refractivity contribution is 6.01. The van der Waals surface area contributed by atoms with Crippen molar-refractivity contribution in [1.29, 1.82) is 0 Å². The molecule has 0 spiro atoms. The lowest BCUT2D eigenvalue weighted by Gasteiger charge is -2.33. The SMILES string of the molecule is CC1=C(C#C/C(C)=C/C=C/C(C)=C/C=C/C=C(C)/C=C/C=C(\C)C#CC2=C(C)C(=O)C(O)CC2(C)C)C(C)(C)CC(O)C1=O. The van der Waals surface area contributed by atoms with E-state index in [-0.39, 0.29) is 22.4 Å². The molecule has 0 aromatic rings. The van der Waals surface area contributed by atoms with Crippen molar-refractivity contribution < 1.29 is 19.8 Å². The summed E-state index contributed by atoms with van der Waals surface area (Å²) in [6.07, 6.45) is 18.8. The van der Waals surface area contributed by atoms with Crippen LogP contribution in [0.5, 0.6) is 0 Å². The number of ketones is 2. The quantitative estimate of drug-likeness (QED) is 0.244. The first kappa shape index (κ1) is 36.2. The molecule has 0 amide bonds. The van der Waals surface area contributed by atoms with Gasteiger partial charge in [0, 0.05) is 33.1 Å². The van der Waals surface area contributed by atoms with E-state index in [2.05, 4.69) is 23.7 Å². The Bertz CT molecular complexity index is 1450. The molecule has 0 fully saturated rings. The average Bonchev–Trinajstić information content (AvgIpc) is 2.92. The number of carbonyl (C=O) groups excluding carboxylic acids is 2. The largest absolute Gasteiger partial charge is 0.385 e. The second kappa shape index (κ2) is 15.7. The van der Waals surface area contributed by atoms with Gasteiger partial charge in [-0.1, -0.05) is 123 Å². The summed E-state index contributed by atoms with van der Waals surface area (Å²) in [6.45, 7) is 19.5. The van der Waals surface area contributed by atoms with Gasteiger partial charge in [-0.05, 0) is 65.5 Å². The summed E-state index contributed by atoms with van der Waals surface area (Å²) in [5.41, 5.74) is 6.00. The average molecular weight is 593 g/mol. The Balaban J connectivity index is 1.98. The molecule has 0 aromatic carbocycles. The molecule has 2 atom stereocenters. The first-order valence-electron chi connectivity index (χ1n) is 15.1. The standard InChI is InChI=1S/C40H48O4/c1-27(17-13-19-29(3)21-23-33-31(5)37(43)35(41)25-39(33,7)8)15-11-12-16-28(2)18-14-20-30(4)22-24-34-32(6)38(44)36(42)26-40(34,9)10/h11-20,35-36,41-42H,25-26H2,1-10H3/b12-11+,17-13+,18-14+,27-15+,28-16+,29-19+,30-20+. The van der Waals surface area contributed by atoms with Crippen LogP contribution in [0.25, 0.3) is 0 Å². The van der Waals surface area contributed by atoms with Crippen molar-refractivity contribution >= 4 is 11.6 Å².